The van der Waals surface area contributed by atoms with Gasteiger partial charge in [0.05, 0.1) is 0 Å². The average molecular weight is 232 g/mol. The molecule has 1 aromatic rings. The number of hydrogen-bond donors (Lipinski definition) is 1. The highest BCUT2D eigenvalue weighted by molar-refractivity contribution is 5.94. The lowest BCUT2D eigenvalue weighted by molar-refractivity contribution is 0.101. The number of hydrogen-bond acceptors (Lipinski definition) is 3. The largest absolute Gasteiger partial charge is 0.368 e. The summed E-state index contributed by atoms with van der Waals surface area (Å²) in [7, 11) is 0. The number of Topliss-reactive ketones (excluding diaryl/α,β-unsaturated/α-hetero) is 1. The molecule has 0 bridgehead atoms. The van der Waals surface area contributed by atoms with Crippen molar-refractivity contribution in [1.29, 1.82) is 0 Å². The number of ketones is 1. The van der Waals surface area contributed by atoms with Gasteiger partial charge >= 0.3 is 0 Å². The van der Waals surface area contributed by atoms with E-state index in [4.69, 9.17) is 0 Å². The number of nitrogens with one attached hydrogen (secondary N) is 1. The molecule has 0 radical (unpaired) electrons. The highest BCUT2D eigenvalue weighted by Gasteiger charge is 2.20. The fourth-order valence-corrected chi connectivity index (χ4v) is 2.44. The van der Waals surface area contributed by atoms with E-state index in [1.165, 1.54) is 5.69 Å². The van der Waals surface area contributed by atoms with Crippen LogP contribution in [0.5, 0.6) is 0 Å². The van der Waals surface area contributed by atoms with E-state index in [0.29, 0.717) is 12.1 Å². The van der Waals surface area contributed by atoms with Gasteiger partial charge in [0.25, 0.3) is 0 Å². The zero-order valence-electron chi connectivity index (χ0n) is 10.7. The highest BCUT2D eigenvalue weighted by atomic mass is 16.1. The lowest BCUT2D eigenvalue weighted by Gasteiger charge is -2.37. The fraction of sp³-hybridized carbons (Fsp3) is 0.500. The van der Waals surface area contributed by atoms with Gasteiger partial charge in [-0.15, -0.1) is 0 Å². The molecule has 1 saturated heterocycles. The maximum atomic E-state index is 11.2. The number of carbonyl (C=O) groups excluding carboxylic acids is 1. The van der Waals surface area contributed by atoms with Gasteiger partial charge in [-0.05, 0) is 45.0 Å². The van der Waals surface area contributed by atoms with E-state index in [1.54, 1.807) is 6.92 Å². The number of carbonyl (C=O) groups is 1. The minimum absolute atomic E-state index is 0.124. The van der Waals surface area contributed by atoms with Crippen LogP contribution < -0.4 is 10.2 Å². The topological polar surface area (TPSA) is 32.3 Å². The predicted octanol–water partition coefficient (Wildman–Crippen LogP) is 2.08. The van der Waals surface area contributed by atoms with E-state index in [1.807, 2.05) is 24.3 Å². The van der Waals surface area contributed by atoms with Crippen molar-refractivity contribution in [1.82, 2.24) is 5.32 Å². The highest BCUT2D eigenvalue weighted by Crippen LogP contribution is 2.18. The molecule has 1 aliphatic heterocycles. The van der Waals surface area contributed by atoms with Gasteiger partial charge in [-0.25, -0.2) is 0 Å². The van der Waals surface area contributed by atoms with Gasteiger partial charge in [-0.2, -0.15) is 0 Å². The van der Waals surface area contributed by atoms with Gasteiger partial charge in [0.15, 0.2) is 5.78 Å². The summed E-state index contributed by atoms with van der Waals surface area (Å²) >= 11 is 0. The summed E-state index contributed by atoms with van der Waals surface area (Å²) in [5.74, 6) is 0.124. The van der Waals surface area contributed by atoms with Crippen LogP contribution in [0.2, 0.25) is 0 Å². The standard InChI is InChI=1S/C14H20N2O/c1-10-8-16(9-11(2)15-10)14-6-4-13(5-7-14)12(3)17/h4-7,10-11,15H,8-9H2,1-3H3/t10-,11+. The molecule has 0 aromatic heterocycles. The molecule has 1 aromatic carbocycles. The van der Waals surface area contributed by atoms with Crippen LogP contribution in [0.15, 0.2) is 24.3 Å². The van der Waals surface area contributed by atoms with Crippen molar-refractivity contribution in [3.05, 3.63) is 29.8 Å². The van der Waals surface area contributed by atoms with Crippen LogP contribution in [0.4, 0.5) is 5.69 Å². The predicted molar refractivity (Wildman–Crippen MR) is 70.7 cm³/mol. The van der Waals surface area contributed by atoms with E-state index in [-0.39, 0.29) is 5.78 Å². The normalized spacial score (nSPS) is 24.8. The van der Waals surface area contributed by atoms with Crippen LogP contribution >= 0.6 is 0 Å². The molecular formula is C14H20N2O. The van der Waals surface area contributed by atoms with E-state index >= 15 is 0 Å². The lowest BCUT2D eigenvalue weighted by atomic mass is 10.1. The second kappa shape index (κ2) is 4.88. The maximum Gasteiger partial charge on any atom is 0.159 e. The number of rotatable bonds is 2. The summed E-state index contributed by atoms with van der Waals surface area (Å²) in [4.78, 5) is 13.6. The molecule has 3 nitrogen and oxygen atoms in total. The third-order valence-electron chi connectivity index (χ3n) is 3.20. The SMILES string of the molecule is CC(=O)c1ccc(N2C[C@@H](C)N[C@@H](C)C2)cc1. The van der Waals surface area contributed by atoms with E-state index in [0.717, 1.165) is 18.7 Å². The molecule has 0 amide bonds. The van der Waals surface area contributed by atoms with Crippen LogP contribution in [-0.2, 0) is 0 Å². The van der Waals surface area contributed by atoms with E-state index in [9.17, 15) is 4.79 Å². The molecule has 0 spiro atoms. The summed E-state index contributed by atoms with van der Waals surface area (Å²) in [5, 5.41) is 3.51. The van der Waals surface area contributed by atoms with Crippen LogP contribution in [0.1, 0.15) is 31.1 Å². The van der Waals surface area contributed by atoms with Crippen LogP contribution in [-0.4, -0.2) is 31.0 Å². The molecule has 2 atom stereocenters. The first-order valence-corrected chi connectivity index (χ1v) is 6.18. The fourth-order valence-electron chi connectivity index (χ4n) is 2.44. The van der Waals surface area contributed by atoms with Crippen molar-refractivity contribution in [3.8, 4) is 0 Å². The van der Waals surface area contributed by atoms with Crippen molar-refractivity contribution >= 4 is 11.5 Å². The summed E-state index contributed by atoms with van der Waals surface area (Å²) in [6.45, 7) is 8.04. The van der Waals surface area contributed by atoms with Gasteiger partial charge < -0.3 is 10.2 Å². The Labute approximate surface area is 103 Å². The Morgan fingerprint density at radius 3 is 2.18 bits per heavy atom. The van der Waals surface area contributed by atoms with Crippen molar-refractivity contribution in [2.75, 3.05) is 18.0 Å². The second-order valence-corrected chi connectivity index (χ2v) is 4.98. The first-order chi connectivity index (χ1) is 8.06. The molecule has 1 fully saturated rings. The van der Waals surface area contributed by atoms with E-state index in [2.05, 4.69) is 24.1 Å². The quantitative estimate of drug-likeness (QED) is 0.792. The van der Waals surface area contributed by atoms with Gasteiger partial charge in [0, 0.05) is 36.4 Å². The molecule has 92 valence electrons. The maximum absolute atomic E-state index is 11.2. The number of benzene rings is 1. The zero-order valence-corrected chi connectivity index (χ0v) is 10.7. The van der Waals surface area contributed by atoms with Gasteiger partial charge in [0.2, 0.25) is 0 Å². The van der Waals surface area contributed by atoms with Gasteiger partial charge in [-0.3, -0.25) is 4.79 Å². The minimum atomic E-state index is 0.124. The first-order valence-electron chi connectivity index (χ1n) is 6.18. The van der Waals surface area contributed by atoms with Gasteiger partial charge in [0.1, 0.15) is 0 Å². The molecule has 2 rings (SSSR count). The van der Waals surface area contributed by atoms with Crippen LogP contribution in [0.3, 0.4) is 0 Å². The van der Waals surface area contributed by atoms with E-state index < -0.39 is 0 Å². The number of nitrogens with zero attached hydrogens (tertiary/aromatic N) is 1. The van der Waals surface area contributed by atoms with Crippen molar-refractivity contribution < 1.29 is 4.79 Å². The zero-order chi connectivity index (χ0) is 12.4. The van der Waals surface area contributed by atoms with Crippen LogP contribution in [0.25, 0.3) is 0 Å². The summed E-state index contributed by atoms with van der Waals surface area (Å²) < 4.78 is 0. The Morgan fingerprint density at radius 2 is 1.71 bits per heavy atom. The third-order valence-corrected chi connectivity index (χ3v) is 3.20. The Balaban J connectivity index is 2.14. The molecule has 1 aliphatic rings. The van der Waals surface area contributed by atoms with Crippen molar-refractivity contribution in [2.45, 2.75) is 32.9 Å². The smallest absolute Gasteiger partial charge is 0.159 e. The Hall–Kier alpha value is -1.35. The van der Waals surface area contributed by atoms with Crippen molar-refractivity contribution in [2.24, 2.45) is 0 Å². The Morgan fingerprint density at radius 1 is 1.18 bits per heavy atom. The summed E-state index contributed by atoms with van der Waals surface area (Å²) in [6, 6.07) is 8.92. The molecular weight excluding hydrogens is 212 g/mol. The molecule has 17 heavy (non-hydrogen) atoms. The first kappa shape index (κ1) is 12.1. The molecule has 0 saturated carbocycles. The van der Waals surface area contributed by atoms with Crippen molar-refractivity contribution in [3.63, 3.8) is 0 Å². The number of anilines is 1. The van der Waals surface area contributed by atoms with Gasteiger partial charge in [-0.1, -0.05) is 0 Å². The molecule has 0 unspecified atom stereocenters. The summed E-state index contributed by atoms with van der Waals surface area (Å²) in [6.07, 6.45) is 0. The Bertz CT molecular complexity index is 389. The second-order valence-electron chi connectivity index (χ2n) is 4.98. The molecule has 0 aliphatic carbocycles. The molecule has 1 heterocycles. The average Bonchev–Trinajstić information content (AvgIpc) is 2.28. The minimum Gasteiger partial charge on any atom is -0.368 e. The molecule has 3 heteroatoms. The summed E-state index contributed by atoms with van der Waals surface area (Å²) in [5.41, 5.74) is 1.99. The van der Waals surface area contributed by atoms with Crippen LogP contribution in [0, 0.1) is 0 Å². The number of piperazine rings is 1. The Kier molecular flexibility index (Phi) is 3.48. The monoisotopic (exact) mass is 232 g/mol. The lowest BCUT2D eigenvalue weighted by Crippen LogP contribution is -2.54. The molecule has 1 N–H and O–H groups in total. The third kappa shape index (κ3) is 2.86.